The third kappa shape index (κ3) is 7.05. The van der Waals surface area contributed by atoms with Crippen molar-refractivity contribution in [3.63, 3.8) is 0 Å². The van der Waals surface area contributed by atoms with E-state index in [0.29, 0.717) is 5.56 Å². The molecule has 42 heavy (non-hydrogen) atoms. The first-order chi connectivity index (χ1) is 19.2. The average Bonchev–Trinajstić information content (AvgIpc) is 3.53. The minimum absolute atomic E-state index is 0. The van der Waals surface area contributed by atoms with Crippen LogP contribution in [0.2, 0.25) is 5.02 Å². The second-order valence-corrected chi connectivity index (χ2v) is 11.7. The van der Waals surface area contributed by atoms with Crippen LogP contribution in [0.1, 0.15) is 22.3 Å². The Balaban J connectivity index is 0.000000220. The van der Waals surface area contributed by atoms with E-state index >= 15 is 0 Å². The molecule has 0 radical (unpaired) electrons. The fourth-order valence-corrected chi connectivity index (χ4v) is 6.37. The Labute approximate surface area is 300 Å². The number of halogens is 3. The van der Waals surface area contributed by atoms with E-state index in [2.05, 4.69) is 27.8 Å². The van der Waals surface area contributed by atoms with Crippen molar-refractivity contribution in [1.29, 1.82) is 0 Å². The number of hydrogen-bond donors (Lipinski definition) is 0. The van der Waals surface area contributed by atoms with Crippen molar-refractivity contribution in [3.8, 4) is 34.0 Å². The largest absolute Gasteiger partial charge is 1.00 e. The minimum Gasteiger partial charge on any atom is -1.00 e. The van der Waals surface area contributed by atoms with Crippen LogP contribution in [0.3, 0.4) is 0 Å². The van der Waals surface area contributed by atoms with Gasteiger partial charge in [-0.1, -0.05) is 34.9 Å². The standard InChI is InChI=1S/C16H14ClNOS.C16H14FNOS.FH.K/c2*1-9-4-5-14(19-3)11(6-9)16-12-7-10(2)13(17)8-15(12)20-18-16;;/h2*4-8H,1-3H3;1H;/q;;;+1/p-1. The summed E-state index contributed by atoms with van der Waals surface area (Å²) in [7, 11) is 3.33. The summed E-state index contributed by atoms with van der Waals surface area (Å²) >= 11 is 8.96. The number of rotatable bonds is 4. The van der Waals surface area contributed by atoms with Gasteiger partial charge in [-0.25, -0.2) is 4.39 Å². The van der Waals surface area contributed by atoms with E-state index in [1.165, 1.54) is 28.6 Å². The molecule has 0 saturated heterocycles. The van der Waals surface area contributed by atoms with Crippen LogP contribution in [-0.2, 0) is 0 Å². The van der Waals surface area contributed by atoms with Crippen LogP contribution in [0.4, 0.5) is 4.39 Å². The van der Waals surface area contributed by atoms with Gasteiger partial charge in [-0.3, -0.25) is 0 Å². The second kappa shape index (κ2) is 14.7. The molecule has 0 spiro atoms. The second-order valence-electron chi connectivity index (χ2n) is 9.66. The van der Waals surface area contributed by atoms with Crippen LogP contribution >= 0.6 is 34.7 Å². The van der Waals surface area contributed by atoms with E-state index in [9.17, 15) is 4.39 Å². The predicted molar refractivity (Wildman–Crippen MR) is 167 cm³/mol. The molecule has 0 unspecified atom stereocenters. The van der Waals surface area contributed by atoms with Gasteiger partial charge in [0.15, 0.2) is 0 Å². The average molecular weight is 649 g/mol. The number of benzene rings is 4. The van der Waals surface area contributed by atoms with Gasteiger partial charge in [0.2, 0.25) is 0 Å². The minimum atomic E-state index is -0.191. The van der Waals surface area contributed by atoms with Gasteiger partial charge in [0, 0.05) is 26.9 Å². The maximum atomic E-state index is 13.6. The maximum Gasteiger partial charge on any atom is 1.00 e. The van der Waals surface area contributed by atoms with E-state index in [1.54, 1.807) is 27.2 Å². The summed E-state index contributed by atoms with van der Waals surface area (Å²) in [5.41, 5.74) is 7.82. The first kappa shape index (κ1) is 34.5. The van der Waals surface area contributed by atoms with Gasteiger partial charge in [-0.05, 0) is 110 Å². The van der Waals surface area contributed by atoms with Crippen LogP contribution in [0, 0.1) is 33.5 Å². The summed E-state index contributed by atoms with van der Waals surface area (Å²) in [6.07, 6.45) is 0. The molecule has 4 aromatic carbocycles. The van der Waals surface area contributed by atoms with E-state index in [4.69, 9.17) is 21.1 Å². The molecule has 0 aliphatic rings. The number of aromatic nitrogens is 2. The molecule has 2 heterocycles. The van der Waals surface area contributed by atoms with Crippen LogP contribution in [0.5, 0.6) is 11.5 Å². The molecule has 0 aliphatic heterocycles. The Kier molecular flexibility index (Phi) is 12.1. The molecular weight excluding hydrogens is 621 g/mol. The van der Waals surface area contributed by atoms with E-state index in [-0.39, 0.29) is 61.9 Å². The molecule has 212 valence electrons. The number of ether oxygens (including phenoxy) is 2. The summed E-state index contributed by atoms with van der Waals surface area (Å²) in [6.45, 7) is 7.88. The molecule has 6 rings (SSSR count). The van der Waals surface area contributed by atoms with Crippen molar-refractivity contribution in [2.24, 2.45) is 0 Å². The monoisotopic (exact) mass is 648 g/mol. The van der Waals surface area contributed by atoms with Crippen molar-refractivity contribution in [3.05, 3.63) is 93.8 Å². The summed E-state index contributed by atoms with van der Waals surface area (Å²) < 4.78 is 35.6. The van der Waals surface area contributed by atoms with Crippen molar-refractivity contribution in [2.45, 2.75) is 27.7 Å². The summed E-state index contributed by atoms with van der Waals surface area (Å²) in [5, 5.41) is 2.88. The smallest absolute Gasteiger partial charge is 1.00 e. The molecule has 0 atom stereocenters. The number of hydrogen-bond acceptors (Lipinski definition) is 6. The van der Waals surface area contributed by atoms with Gasteiger partial charge in [0.05, 0.1) is 35.0 Å². The van der Waals surface area contributed by atoms with Gasteiger partial charge in [-0.15, -0.1) is 0 Å². The number of fused-ring (bicyclic) bond motifs is 2. The summed E-state index contributed by atoms with van der Waals surface area (Å²) in [5.74, 6) is 1.43. The SMILES string of the molecule is COc1ccc(C)cc1-c1nsc2cc(Cl)c(C)cc12.COc1ccc(C)cc1-c1nsc2cc(F)c(C)cc12.[F-].[K+]. The molecule has 10 heteroatoms. The van der Waals surface area contributed by atoms with Crippen LogP contribution in [0.25, 0.3) is 42.7 Å². The first-order valence-electron chi connectivity index (χ1n) is 12.6. The predicted octanol–water partition coefficient (Wildman–Crippen LogP) is 3.98. The van der Waals surface area contributed by atoms with Crippen molar-refractivity contribution >= 4 is 54.8 Å². The molecule has 2 aromatic heterocycles. The zero-order chi connectivity index (χ0) is 28.6. The van der Waals surface area contributed by atoms with Crippen molar-refractivity contribution in [1.82, 2.24) is 8.75 Å². The summed E-state index contributed by atoms with van der Waals surface area (Å²) in [4.78, 5) is 0. The number of aryl methyl sites for hydroxylation is 4. The Morgan fingerprint density at radius 3 is 1.60 bits per heavy atom. The molecule has 0 amide bonds. The fourth-order valence-electron chi connectivity index (χ4n) is 4.54. The van der Waals surface area contributed by atoms with Gasteiger partial charge in [0.25, 0.3) is 0 Å². The number of nitrogens with zero attached hydrogens (tertiary/aromatic N) is 2. The molecule has 0 aliphatic carbocycles. The Morgan fingerprint density at radius 1 is 0.667 bits per heavy atom. The zero-order valence-electron chi connectivity index (χ0n) is 24.4. The van der Waals surface area contributed by atoms with Crippen molar-refractivity contribution in [2.75, 3.05) is 14.2 Å². The fraction of sp³-hybridized carbons (Fsp3) is 0.188. The Morgan fingerprint density at radius 2 is 1.12 bits per heavy atom. The molecule has 4 nitrogen and oxygen atoms in total. The molecule has 0 bridgehead atoms. The van der Waals surface area contributed by atoms with E-state index in [1.807, 2.05) is 56.3 Å². The molecule has 0 fully saturated rings. The Bertz CT molecular complexity index is 1740. The third-order valence-electron chi connectivity index (χ3n) is 6.72. The topological polar surface area (TPSA) is 44.2 Å². The molecule has 0 N–H and O–H groups in total. The first-order valence-corrected chi connectivity index (χ1v) is 14.5. The molecule has 0 saturated carbocycles. The zero-order valence-corrected chi connectivity index (χ0v) is 29.9. The van der Waals surface area contributed by atoms with Gasteiger partial charge in [0.1, 0.15) is 17.3 Å². The summed E-state index contributed by atoms with van der Waals surface area (Å²) in [6, 6.07) is 19.6. The quantitative estimate of drug-likeness (QED) is 0.272. The van der Waals surface area contributed by atoms with E-state index < -0.39 is 0 Å². The normalized spacial score (nSPS) is 10.5. The molecular formula is C32H28ClF2KN2O2S2. The van der Waals surface area contributed by atoms with Gasteiger partial charge >= 0.3 is 51.4 Å². The molecule has 6 aromatic rings. The van der Waals surface area contributed by atoms with Crippen LogP contribution in [-0.4, -0.2) is 23.0 Å². The number of methoxy groups -OCH3 is 2. The Hall–Kier alpha value is -1.95. The van der Waals surface area contributed by atoms with Gasteiger partial charge < -0.3 is 14.2 Å². The van der Waals surface area contributed by atoms with Gasteiger partial charge in [-0.2, -0.15) is 8.75 Å². The van der Waals surface area contributed by atoms with Crippen LogP contribution < -0.4 is 65.6 Å². The van der Waals surface area contributed by atoms with Crippen molar-refractivity contribution < 1.29 is 70.0 Å². The third-order valence-corrected chi connectivity index (χ3v) is 8.75. The van der Waals surface area contributed by atoms with E-state index in [0.717, 1.165) is 70.3 Å². The maximum absolute atomic E-state index is 13.6. The van der Waals surface area contributed by atoms with Crippen LogP contribution in [0.15, 0.2) is 60.7 Å².